The van der Waals surface area contributed by atoms with Crippen LogP contribution in [-0.2, 0) is 111 Å². The maximum Gasteiger partial charge on any atom is 0.450 e. The molecule has 10 heterocycles. The molecule has 8 saturated heterocycles. The first kappa shape index (κ1) is 89.5. The minimum absolute atomic E-state index is 0.125. The number of imide groups is 4. The summed E-state index contributed by atoms with van der Waals surface area (Å²) < 4.78 is 183. The Labute approximate surface area is 712 Å². The van der Waals surface area contributed by atoms with Gasteiger partial charge in [0.1, 0.15) is 70.3 Å². The van der Waals surface area contributed by atoms with Gasteiger partial charge in [0.05, 0.1) is 82.7 Å². The number of nitrogens with zero attached hydrogens (tertiary/aromatic N) is 4. The van der Waals surface area contributed by atoms with Crippen LogP contribution in [-0.4, -0.2) is 167 Å². The molecule has 0 N–H and O–H groups in total. The van der Waals surface area contributed by atoms with Gasteiger partial charge in [0.2, 0.25) is 47.3 Å². The van der Waals surface area contributed by atoms with Gasteiger partial charge in [-0.05, 0) is 83.9 Å². The minimum Gasteiger partial charge on any atom is -0.439 e. The van der Waals surface area contributed by atoms with Crippen molar-refractivity contribution in [3.05, 3.63) is 218 Å². The summed E-state index contributed by atoms with van der Waals surface area (Å²) in [6.07, 6.45) is -3.45. The monoisotopic (exact) mass is 1850 g/mol. The molecule has 8 aromatic carbocycles. The summed E-state index contributed by atoms with van der Waals surface area (Å²) in [6.45, 7) is 8.85. The van der Waals surface area contributed by atoms with Crippen LogP contribution in [0.3, 0.4) is 0 Å². The highest BCUT2D eigenvalue weighted by atomic mass is 31.2. The highest BCUT2D eigenvalue weighted by molar-refractivity contribution is 7.70. The predicted octanol–water partition coefficient (Wildman–Crippen LogP) is 15.3. The van der Waals surface area contributed by atoms with Crippen molar-refractivity contribution in [1.29, 1.82) is 0 Å². The van der Waals surface area contributed by atoms with Crippen LogP contribution < -0.4 is 37.8 Å². The lowest BCUT2D eigenvalue weighted by molar-refractivity contribution is -0.139. The molecule has 10 aliphatic rings. The van der Waals surface area contributed by atoms with Gasteiger partial charge in [0.15, 0.2) is 11.9 Å². The zero-order valence-electron chi connectivity index (χ0n) is 67.0. The second kappa shape index (κ2) is 35.8. The Bertz CT molecular complexity index is 5790. The number of fused-ring (bicyclic) bond motifs is 6. The number of hydrogen-bond acceptors (Lipinski definition) is 30. The average Bonchev–Trinajstić information content (AvgIpc) is 1.65. The largest absolute Gasteiger partial charge is 0.450 e. The molecule has 8 amide bonds. The Morgan fingerprint density at radius 2 is 0.685 bits per heavy atom. The fourth-order valence-corrected chi connectivity index (χ4v) is 30.8. The van der Waals surface area contributed by atoms with Crippen LogP contribution in [0.15, 0.2) is 218 Å². The Hall–Kier alpha value is -9.36. The maximum atomic E-state index is 14.5. The first-order valence-corrected chi connectivity index (χ1v) is 52.6. The van der Waals surface area contributed by atoms with Crippen molar-refractivity contribution in [1.82, 2.24) is 19.6 Å². The Morgan fingerprint density at radius 1 is 0.347 bits per heavy atom. The van der Waals surface area contributed by atoms with E-state index in [1.54, 1.807) is 170 Å². The third-order valence-corrected chi connectivity index (χ3v) is 37.4. The van der Waals surface area contributed by atoms with Crippen LogP contribution in [0.5, 0.6) is 34.5 Å². The molecule has 8 aromatic rings. The summed E-state index contributed by atoms with van der Waals surface area (Å²) in [4.78, 5) is 106. The molecular weight excluding hydrogens is 1770 g/mol. The van der Waals surface area contributed by atoms with Crippen LogP contribution in [0.25, 0.3) is 22.3 Å². The van der Waals surface area contributed by atoms with Gasteiger partial charge < -0.3 is 63.3 Å². The van der Waals surface area contributed by atoms with Gasteiger partial charge in [-0.15, -0.1) is 0 Å². The molecule has 0 radical (unpaired) electrons. The number of rotatable bonds is 20. The van der Waals surface area contributed by atoms with Gasteiger partial charge in [0.25, 0.3) is 14.7 Å². The van der Waals surface area contributed by atoms with Gasteiger partial charge >= 0.3 is 45.6 Å². The van der Waals surface area contributed by atoms with Crippen LogP contribution in [0, 0.1) is 10.8 Å². The SMILES string of the molecule is CC1(C)COP(=O)(CN2C(=O)CC(P3(=O)OCC(C)(C)CO3)C2=O)OC1.O=C1CC(P(=O)(Oc2ccccc2)Oc2ccccc2)C(=O)N1CP(=O)(Oc1ccccc1)Oc1ccccc1.O=C1CC(P2(=O)OCCO2)C(=O)N1CP1(=O)OCCO1.O=C1CC(P2(=O)Oc3ccccc3-c3ccccc32)C(=O)N1CP1(=O)Oc2ccccc2-c2ccccc21. The van der Waals surface area contributed by atoms with Crippen molar-refractivity contribution >= 4 is 118 Å². The normalized spacial score (nSPS) is 24.7. The Balaban J connectivity index is 0.000000132. The molecule has 0 aromatic heterocycles. The molecule has 18 rings (SSSR count). The first-order valence-electron chi connectivity index (χ1n) is 39.1. The third kappa shape index (κ3) is 19.2. The minimum atomic E-state index is -4.32. The number of hydrogen-bond donors (Lipinski definition) is 0. The van der Waals surface area contributed by atoms with E-state index in [4.69, 9.17) is 63.3 Å². The topological polar surface area (TPSA) is 415 Å². The molecule has 0 saturated carbocycles. The van der Waals surface area contributed by atoms with E-state index in [9.17, 15) is 74.9 Å². The summed E-state index contributed by atoms with van der Waals surface area (Å²) >= 11 is 0. The molecule has 652 valence electrons. The molecule has 42 heteroatoms. The first-order chi connectivity index (χ1) is 59.0. The van der Waals surface area contributed by atoms with Crippen LogP contribution in [0.1, 0.15) is 53.4 Å². The summed E-state index contributed by atoms with van der Waals surface area (Å²) in [5, 5.41) is 0.856. The van der Waals surface area contributed by atoms with Crippen LogP contribution >= 0.6 is 60.3 Å². The fourth-order valence-electron chi connectivity index (χ4n) is 14.5. The van der Waals surface area contributed by atoms with E-state index < -0.39 is 162 Å². The number of carbonyl (C=O) groups is 8. The Morgan fingerprint density at radius 3 is 1.15 bits per heavy atom. The number of para-hydroxylation sites is 6. The van der Waals surface area contributed by atoms with Crippen molar-refractivity contribution < 1.29 is 138 Å². The van der Waals surface area contributed by atoms with Crippen molar-refractivity contribution in [3.8, 4) is 56.8 Å². The van der Waals surface area contributed by atoms with Gasteiger partial charge in [-0.25, -0.2) is 9.13 Å². The molecule has 8 fully saturated rings. The van der Waals surface area contributed by atoms with Crippen LogP contribution in [0.2, 0.25) is 0 Å². The van der Waals surface area contributed by atoms with Crippen molar-refractivity contribution in [2.24, 2.45) is 10.8 Å². The van der Waals surface area contributed by atoms with Gasteiger partial charge in [-0.2, -0.15) is 0 Å². The van der Waals surface area contributed by atoms with E-state index in [2.05, 4.69) is 0 Å². The second-order valence-corrected chi connectivity index (χ2v) is 48.6. The second-order valence-electron chi connectivity index (χ2n) is 31.4. The van der Waals surface area contributed by atoms with E-state index >= 15 is 0 Å². The molecule has 0 spiro atoms. The van der Waals surface area contributed by atoms with Crippen molar-refractivity contribution in [3.63, 3.8) is 0 Å². The highest BCUT2D eigenvalue weighted by Gasteiger charge is 2.60. The zero-order chi connectivity index (χ0) is 87.8. The molecule has 0 aliphatic carbocycles. The smallest absolute Gasteiger partial charge is 0.439 e. The molecule has 34 nitrogen and oxygen atoms in total. The number of amides is 8. The van der Waals surface area contributed by atoms with Gasteiger partial charge in [-0.3, -0.25) is 85.3 Å². The number of benzene rings is 8. The average molecular weight is 1850 g/mol. The van der Waals surface area contributed by atoms with Gasteiger partial charge in [0, 0.05) is 28.4 Å². The standard InChI is InChI=1S/C29H25NO8P2.C29H21NO6P2.C15H25NO8P2.C9H13NO8P2/c31-28-21-27(40(34,37-25-17-9-3-10-18-25)38-26-19-11-4-12-20-26)29(32)30(28)22-39(33,35-23-13-5-1-6-14-23)36-24-15-7-2-8-16-24;31-28-17-27(38(34)26-16-8-4-12-22(26)20-10-2-6-14-24(20)36-38)29(32)30(28)18-37(33)25-15-7-3-11-21(25)19-9-1-5-13-23(19)35-37;1-14(2)6-21-25(19,22-7-14)10-16-12(17)5-11(13(16)18)26(20)23-8-15(3,4)9-24-26;11-8-5-7(20(14)17-3-4-18-20)9(12)10(8)6-19(13)15-1-2-16-19/h1-20,27H,21-22H2;1-16,27H,17-18H2;11H,5-10H2,1-4H3;7H,1-6H2. The van der Waals surface area contributed by atoms with E-state index in [0.717, 1.165) is 36.3 Å². The molecule has 6 unspecified atom stereocenters. The molecule has 0 bridgehead atoms. The van der Waals surface area contributed by atoms with Gasteiger partial charge in [-0.1, -0.05) is 173 Å². The summed E-state index contributed by atoms with van der Waals surface area (Å²) in [7, 11) is -30.5. The number of likely N-dealkylation sites (tertiary alicyclic amines) is 4. The quantitative estimate of drug-likeness (QED) is 0.0505. The molecular formula is C82H84N4O30P8. The van der Waals surface area contributed by atoms with Crippen molar-refractivity contribution in [2.45, 2.75) is 76.0 Å². The van der Waals surface area contributed by atoms with E-state index in [1.165, 1.54) is 0 Å². The lowest BCUT2D eigenvalue weighted by atomic mass is 9.97. The summed E-state index contributed by atoms with van der Waals surface area (Å²) in [5.74, 6) is -3.70. The van der Waals surface area contributed by atoms with Crippen LogP contribution in [0.4, 0.5) is 0 Å². The number of carbonyl (C=O) groups excluding carboxylic acids is 8. The molecule has 124 heavy (non-hydrogen) atoms. The van der Waals surface area contributed by atoms with E-state index in [0.29, 0.717) is 27.7 Å². The van der Waals surface area contributed by atoms with Crippen molar-refractivity contribution in [2.75, 3.05) is 78.0 Å². The van der Waals surface area contributed by atoms with E-state index in [1.807, 2.05) is 76.2 Å². The lowest BCUT2D eigenvalue weighted by Crippen LogP contribution is -2.38. The Kier molecular flexibility index (Phi) is 25.8. The molecule has 6 atom stereocenters. The molecule has 10 aliphatic heterocycles. The summed E-state index contributed by atoms with van der Waals surface area (Å²) in [6, 6.07) is 61.7. The third-order valence-electron chi connectivity index (χ3n) is 20.8. The fraction of sp³-hybridized carbons (Fsp3) is 0.317. The maximum absolute atomic E-state index is 14.5. The zero-order valence-corrected chi connectivity index (χ0v) is 74.2. The lowest BCUT2D eigenvalue weighted by Gasteiger charge is -2.36. The van der Waals surface area contributed by atoms with E-state index in [-0.39, 0.29) is 106 Å². The highest BCUT2D eigenvalue weighted by Crippen LogP contribution is 2.66. The summed E-state index contributed by atoms with van der Waals surface area (Å²) in [5.41, 5.74) is -2.67. The predicted molar refractivity (Wildman–Crippen MR) is 449 cm³/mol.